The number of rotatable bonds is 2. The van der Waals surface area contributed by atoms with Crippen molar-refractivity contribution in [1.82, 2.24) is 0 Å². The molecule has 0 saturated heterocycles. The molecule has 16 heavy (non-hydrogen) atoms. The second kappa shape index (κ2) is 4.40. The maximum Gasteiger partial charge on any atom is 0.291 e. The fourth-order valence-corrected chi connectivity index (χ4v) is 1.56. The average molecular weight is 282 g/mol. The number of phenols is 1. The molecular formula is C11H8BrNO3. The molecule has 0 fully saturated rings. The van der Waals surface area contributed by atoms with E-state index in [-0.39, 0.29) is 17.4 Å². The van der Waals surface area contributed by atoms with E-state index in [4.69, 9.17) is 4.42 Å². The molecule has 4 nitrogen and oxygen atoms in total. The highest BCUT2D eigenvalue weighted by atomic mass is 79.9. The molecule has 0 atom stereocenters. The molecule has 1 aromatic carbocycles. The van der Waals surface area contributed by atoms with Crippen LogP contribution >= 0.6 is 15.9 Å². The number of carbonyl (C=O) groups excluding carboxylic acids is 1. The zero-order chi connectivity index (χ0) is 11.5. The first-order valence-electron chi connectivity index (χ1n) is 4.50. The van der Waals surface area contributed by atoms with Gasteiger partial charge < -0.3 is 14.8 Å². The van der Waals surface area contributed by atoms with Crippen molar-refractivity contribution in [1.29, 1.82) is 0 Å². The van der Waals surface area contributed by atoms with Gasteiger partial charge in [-0.15, -0.1) is 0 Å². The van der Waals surface area contributed by atoms with E-state index in [1.807, 2.05) is 0 Å². The number of hydrogen-bond donors (Lipinski definition) is 2. The van der Waals surface area contributed by atoms with Crippen LogP contribution in [0.3, 0.4) is 0 Å². The first-order chi connectivity index (χ1) is 7.66. The number of amides is 1. The molecule has 2 aromatic rings. The number of phenolic OH excluding ortho intramolecular Hbond substituents is 1. The number of carbonyl (C=O) groups is 1. The Kier molecular flexibility index (Phi) is 2.96. The van der Waals surface area contributed by atoms with Gasteiger partial charge in [0.05, 0.1) is 10.7 Å². The summed E-state index contributed by atoms with van der Waals surface area (Å²) in [7, 11) is 0. The van der Waals surface area contributed by atoms with Crippen molar-refractivity contribution in [3.8, 4) is 5.75 Å². The normalized spacial score (nSPS) is 10.1. The molecule has 1 heterocycles. The SMILES string of the molecule is O=C(Nc1ccc(O)c(Br)c1)c1ccco1. The van der Waals surface area contributed by atoms with E-state index in [9.17, 15) is 9.90 Å². The summed E-state index contributed by atoms with van der Waals surface area (Å²) in [5.74, 6) is 0.0304. The van der Waals surface area contributed by atoms with Gasteiger partial charge in [-0.25, -0.2) is 0 Å². The maximum atomic E-state index is 11.6. The lowest BCUT2D eigenvalue weighted by molar-refractivity contribution is 0.0996. The van der Waals surface area contributed by atoms with E-state index in [0.717, 1.165) is 0 Å². The molecule has 0 aliphatic rings. The maximum absolute atomic E-state index is 11.6. The van der Waals surface area contributed by atoms with Crippen molar-refractivity contribution in [3.05, 3.63) is 46.8 Å². The van der Waals surface area contributed by atoms with E-state index in [1.165, 1.54) is 12.3 Å². The third-order valence-electron chi connectivity index (χ3n) is 1.95. The lowest BCUT2D eigenvalue weighted by atomic mass is 10.3. The minimum absolute atomic E-state index is 0.121. The van der Waals surface area contributed by atoms with Gasteiger partial charge in [-0.1, -0.05) is 0 Å². The molecular weight excluding hydrogens is 274 g/mol. The molecule has 5 heteroatoms. The molecule has 1 amide bonds. The summed E-state index contributed by atoms with van der Waals surface area (Å²) in [6, 6.07) is 7.91. The van der Waals surface area contributed by atoms with Crippen LogP contribution in [-0.2, 0) is 0 Å². The van der Waals surface area contributed by atoms with Gasteiger partial charge in [-0.3, -0.25) is 4.79 Å². The Morgan fingerprint density at radius 3 is 2.81 bits per heavy atom. The Balaban J connectivity index is 2.15. The fourth-order valence-electron chi connectivity index (χ4n) is 1.19. The second-order valence-electron chi connectivity index (χ2n) is 3.10. The molecule has 0 aliphatic carbocycles. The van der Waals surface area contributed by atoms with Crippen LogP contribution < -0.4 is 5.32 Å². The zero-order valence-electron chi connectivity index (χ0n) is 8.11. The first-order valence-corrected chi connectivity index (χ1v) is 5.29. The minimum Gasteiger partial charge on any atom is -0.507 e. The lowest BCUT2D eigenvalue weighted by Gasteiger charge is -2.04. The van der Waals surface area contributed by atoms with Crippen molar-refractivity contribution in [3.63, 3.8) is 0 Å². The quantitative estimate of drug-likeness (QED) is 0.832. The standard InChI is InChI=1S/C11H8BrNO3/c12-8-6-7(3-4-9(8)14)13-11(15)10-2-1-5-16-10/h1-6,14H,(H,13,15). The van der Waals surface area contributed by atoms with Crippen molar-refractivity contribution in [2.24, 2.45) is 0 Å². The summed E-state index contributed by atoms with van der Waals surface area (Å²) in [5, 5.41) is 11.9. The number of benzene rings is 1. The van der Waals surface area contributed by atoms with E-state index in [1.54, 1.807) is 24.3 Å². The van der Waals surface area contributed by atoms with Gasteiger partial charge in [0.1, 0.15) is 5.75 Å². The molecule has 82 valence electrons. The summed E-state index contributed by atoms with van der Waals surface area (Å²) in [6.07, 6.45) is 1.43. The van der Waals surface area contributed by atoms with Crippen LogP contribution in [-0.4, -0.2) is 11.0 Å². The number of aromatic hydroxyl groups is 1. The number of furan rings is 1. The van der Waals surface area contributed by atoms with Crippen LogP contribution in [0.5, 0.6) is 5.75 Å². The molecule has 0 aliphatic heterocycles. The highest BCUT2D eigenvalue weighted by Gasteiger charge is 2.09. The van der Waals surface area contributed by atoms with Crippen molar-refractivity contribution in [2.45, 2.75) is 0 Å². The average Bonchev–Trinajstić information content (AvgIpc) is 2.77. The third-order valence-corrected chi connectivity index (χ3v) is 2.59. The van der Waals surface area contributed by atoms with Crippen molar-refractivity contribution in [2.75, 3.05) is 5.32 Å². The fraction of sp³-hybridized carbons (Fsp3) is 0. The third kappa shape index (κ3) is 2.25. The van der Waals surface area contributed by atoms with E-state index in [0.29, 0.717) is 10.2 Å². The summed E-state index contributed by atoms with van der Waals surface area (Å²) in [6.45, 7) is 0. The monoisotopic (exact) mass is 281 g/mol. The lowest BCUT2D eigenvalue weighted by Crippen LogP contribution is -2.10. The second-order valence-corrected chi connectivity index (χ2v) is 3.95. The van der Waals surface area contributed by atoms with Crippen molar-refractivity contribution >= 4 is 27.5 Å². The van der Waals surface area contributed by atoms with Gasteiger partial charge in [0.2, 0.25) is 0 Å². The highest BCUT2D eigenvalue weighted by molar-refractivity contribution is 9.10. The Morgan fingerprint density at radius 1 is 1.38 bits per heavy atom. The summed E-state index contributed by atoms with van der Waals surface area (Å²) in [4.78, 5) is 11.6. The Morgan fingerprint density at radius 2 is 2.19 bits per heavy atom. The largest absolute Gasteiger partial charge is 0.507 e. The van der Waals surface area contributed by atoms with E-state index in [2.05, 4.69) is 21.2 Å². The summed E-state index contributed by atoms with van der Waals surface area (Å²) >= 11 is 3.16. The molecule has 2 rings (SSSR count). The minimum atomic E-state index is -0.331. The smallest absolute Gasteiger partial charge is 0.291 e. The molecule has 0 spiro atoms. The summed E-state index contributed by atoms with van der Waals surface area (Å²) in [5.41, 5.74) is 0.575. The predicted molar refractivity (Wildman–Crippen MR) is 62.5 cm³/mol. The van der Waals surface area contributed by atoms with Crippen LogP contribution in [0.4, 0.5) is 5.69 Å². The number of hydrogen-bond acceptors (Lipinski definition) is 3. The number of halogens is 1. The number of anilines is 1. The molecule has 0 saturated carbocycles. The van der Waals surface area contributed by atoms with Crippen LogP contribution in [0.25, 0.3) is 0 Å². The zero-order valence-corrected chi connectivity index (χ0v) is 9.69. The molecule has 0 radical (unpaired) electrons. The highest BCUT2D eigenvalue weighted by Crippen LogP contribution is 2.26. The van der Waals surface area contributed by atoms with Crippen molar-refractivity contribution < 1.29 is 14.3 Å². The van der Waals surface area contributed by atoms with Crippen LogP contribution in [0, 0.1) is 0 Å². The topological polar surface area (TPSA) is 62.5 Å². The van der Waals surface area contributed by atoms with Crippen LogP contribution in [0.15, 0.2) is 45.5 Å². The van der Waals surface area contributed by atoms with Gasteiger partial charge in [0, 0.05) is 5.69 Å². The van der Waals surface area contributed by atoms with Gasteiger partial charge >= 0.3 is 0 Å². The van der Waals surface area contributed by atoms with Crippen LogP contribution in [0.1, 0.15) is 10.6 Å². The van der Waals surface area contributed by atoms with Gasteiger partial charge in [-0.2, -0.15) is 0 Å². The molecule has 0 unspecified atom stereocenters. The Hall–Kier alpha value is -1.75. The summed E-state index contributed by atoms with van der Waals surface area (Å²) < 4.78 is 5.47. The Bertz CT molecular complexity index is 508. The predicted octanol–water partition coefficient (Wildman–Crippen LogP) is 3.00. The van der Waals surface area contributed by atoms with Crippen LogP contribution in [0.2, 0.25) is 0 Å². The number of nitrogens with one attached hydrogen (secondary N) is 1. The van der Waals surface area contributed by atoms with Gasteiger partial charge in [0.25, 0.3) is 5.91 Å². The Labute approximate surface area is 100 Å². The molecule has 2 N–H and O–H groups in total. The molecule has 1 aromatic heterocycles. The van der Waals surface area contributed by atoms with Gasteiger partial charge in [0.15, 0.2) is 5.76 Å². The first kappa shape index (κ1) is 10.8. The molecule has 0 bridgehead atoms. The van der Waals surface area contributed by atoms with Gasteiger partial charge in [-0.05, 0) is 46.3 Å². The van der Waals surface area contributed by atoms with E-state index < -0.39 is 0 Å². The van der Waals surface area contributed by atoms with E-state index >= 15 is 0 Å².